The largest absolute Gasteiger partial charge is 0.460 e. The zero-order valence-corrected chi connectivity index (χ0v) is 15.2. The van der Waals surface area contributed by atoms with Gasteiger partial charge in [-0.15, -0.1) is 0 Å². The summed E-state index contributed by atoms with van der Waals surface area (Å²) >= 11 is 5.90. The number of halogens is 1. The average Bonchev–Trinajstić information content (AvgIpc) is 2.54. The number of carbonyl (C=O) groups is 1. The molecule has 1 aliphatic heterocycles. The monoisotopic (exact) mass is 391 g/mol. The van der Waals surface area contributed by atoms with Crippen LogP contribution in [0.1, 0.15) is 18.9 Å². The summed E-state index contributed by atoms with van der Waals surface area (Å²) in [6.07, 6.45) is -1.80. The lowest BCUT2D eigenvalue weighted by Crippen LogP contribution is -2.48. The normalized spacial score (nSPS) is 26.8. The Hall–Kier alpha value is -1.55. The molecule has 1 aromatic rings. The predicted molar refractivity (Wildman–Crippen MR) is 88.6 cm³/mol. The molecule has 1 fully saturated rings. The molecule has 0 radical (unpaired) electrons. The first-order valence-corrected chi connectivity index (χ1v) is 9.32. The van der Waals surface area contributed by atoms with E-state index >= 15 is 0 Å². The van der Waals surface area contributed by atoms with Gasteiger partial charge < -0.3 is 9.47 Å². The molecule has 1 heterocycles. The molecule has 0 bridgehead atoms. The standard InChI is InChI=1S/C15H18ClNO7S/c1-9-3-5-11(6-4-9)25(20,21)22-8-14-13(23-10(2)18)7-12(17-19)15(16)24-14/h3-6,12-15H,7-8H2,1-2H3/t12-,13-,14-,15?/m1/s1. The highest BCUT2D eigenvalue weighted by Gasteiger charge is 2.41. The van der Waals surface area contributed by atoms with Gasteiger partial charge >= 0.3 is 5.97 Å². The van der Waals surface area contributed by atoms with Gasteiger partial charge in [-0.05, 0) is 19.1 Å². The predicted octanol–water partition coefficient (Wildman–Crippen LogP) is 2.12. The van der Waals surface area contributed by atoms with Gasteiger partial charge in [-0.1, -0.05) is 34.5 Å². The van der Waals surface area contributed by atoms with Crippen LogP contribution in [0.2, 0.25) is 0 Å². The molecule has 4 atom stereocenters. The molecule has 8 nitrogen and oxygen atoms in total. The molecule has 1 aliphatic rings. The molecule has 10 heteroatoms. The second-order valence-corrected chi connectivity index (χ2v) is 7.68. The number of benzene rings is 1. The summed E-state index contributed by atoms with van der Waals surface area (Å²) in [4.78, 5) is 22.0. The minimum absolute atomic E-state index is 0.00666. The number of hydrogen-bond donors (Lipinski definition) is 0. The first-order valence-electron chi connectivity index (χ1n) is 7.48. The van der Waals surface area contributed by atoms with Gasteiger partial charge in [-0.25, -0.2) is 0 Å². The van der Waals surface area contributed by atoms with Crippen molar-refractivity contribution >= 4 is 27.7 Å². The van der Waals surface area contributed by atoms with Gasteiger partial charge in [0, 0.05) is 13.3 Å². The molecule has 0 amide bonds. The van der Waals surface area contributed by atoms with Crippen LogP contribution < -0.4 is 0 Å². The lowest BCUT2D eigenvalue weighted by molar-refractivity contribution is -0.168. The summed E-state index contributed by atoms with van der Waals surface area (Å²) in [5.41, 5.74) is -0.151. The van der Waals surface area contributed by atoms with Crippen LogP contribution in [0.25, 0.3) is 0 Å². The van der Waals surface area contributed by atoms with E-state index in [1.54, 1.807) is 12.1 Å². The van der Waals surface area contributed by atoms with Crippen LogP contribution in [0, 0.1) is 11.8 Å². The Morgan fingerprint density at radius 2 is 2.00 bits per heavy atom. The molecular formula is C15H18ClNO7S. The van der Waals surface area contributed by atoms with Crippen molar-refractivity contribution in [2.75, 3.05) is 6.61 Å². The van der Waals surface area contributed by atoms with Crippen LogP contribution in [-0.2, 0) is 28.6 Å². The molecule has 2 rings (SSSR count). The SMILES string of the molecule is CC(=O)O[C@@H]1C[C@@H](N=O)C(Cl)O[C@@H]1COS(=O)(=O)c1ccc(C)cc1. The third-order valence-corrected chi connectivity index (χ3v) is 5.34. The Morgan fingerprint density at radius 3 is 2.56 bits per heavy atom. The number of nitroso groups, excluding NO2 is 1. The van der Waals surface area contributed by atoms with Gasteiger partial charge in [-0.3, -0.25) is 8.98 Å². The fraction of sp³-hybridized carbons (Fsp3) is 0.533. The number of carbonyl (C=O) groups excluding carboxylic acids is 1. The first-order chi connectivity index (χ1) is 11.7. The maximum atomic E-state index is 12.2. The van der Waals surface area contributed by atoms with E-state index < -0.39 is 46.5 Å². The number of nitrogens with zero attached hydrogens (tertiary/aromatic N) is 1. The van der Waals surface area contributed by atoms with Gasteiger partial charge in [-0.2, -0.15) is 13.3 Å². The van der Waals surface area contributed by atoms with E-state index in [1.807, 2.05) is 6.92 Å². The smallest absolute Gasteiger partial charge is 0.302 e. The maximum Gasteiger partial charge on any atom is 0.302 e. The summed E-state index contributed by atoms with van der Waals surface area (Å²) in [5, 5.41) is 2.83. The third-order valence-electron chi connectivity index (χ3n) is 3.65. The van der Waals surface area contributed by atoms with E-state index in [1.165, 1.54) is 19.1 Å². The maximum absolute atomic E-state index is 12.2. The van der Waals surface area contributed by atoms with E-state index in [0.717, 1.165) is 5.56 Å². The van der Waals surface area contributed by atoms with Crippen LogP contribution in [-0.4, -0.2) is 44.8 Å². The van der Waals surface area contributed by atoms with E-state index in [2.05, 4.69) is 5.18 Å². The number of aryl methyl sites for hydroxylation is 1. The van der Waals surface area contributed by atoms with E-state index in [4.69, 9.17) is 25.3 Å². The molecule has 0 spiro atoms. The second kappa shape index (κ2) is 8.22. The fourth-order valence-corrected chi connectivity index (χ4v) is 3.55. The van der Waals surface area contributed by atoms with E-state index in [-0.39, 0.29) is 11.3 Å². The lowest BCUT2D eigenvalue weighted by Gasteiger charge is -2.35. The van der Waals surface area contributed by atoms with Crippen molar-refractivity contribution in [3.8, 4) is 0 Å². The lowest BCUT2D eigenvalue weighted by atomic mass is 10.0. The molecule has 0 N–H and O–H groups in total. The molecule has 1 aromatic carbocycles. The average molecular weight is 392 g/mol. The zero-order chi connectivity index (χ0) is 18.6. The molecule has 1 saturated heterocycles. The number of alkyl halides is 1. The van der Waals surface area contributed by atoms with Crippen LogP contribution in [0.15, 0.2) is 34.3 Å². The summed E-state index contributed by atoms with van der Waals surface area (Å²) in [6.45, 7) is 2.61. The van der Waals surface area contributed by atoms with Gasteiger partial charge in [0.2, 0.25) is 0 Å². The summed E-state index contributed by atoms with van der Waals surface area (Å²) in [6, 6.07) is 5.23. The van der Waals surface area contributed by atoms with Crippen LogP contribution >= 0.6 is 11.6 Å². The number of rotatable bonds is 6. The third kappa shape index (κ3) is 5.21. The van der Waals surface area contributed by atoms with Crippen LogP contribution in [0.4, 0.5) is 0 Å². The highest BCUT2D eigenvalue weighted by atomic mass is 35.5. The van der Waals surface area contributed by atoms with Gasteiger partial charge in [0.15, 0.2) is 5.56 Å². The highest BCUT2D eigenvalue weighted by Crippen LogP contribution is 2.28. The Bertz CT molecular complexity index is 722. The molecule has 0 aromatic heterocycles. The Kier molecular flexibility index (Phi) is 6.50. The number of hydrogen-bond acceptors (Lipinski definition) is 8. The van der Waals surface area contributed by atoms with Crippen molar-refractivity contribution in [2.45, 2.75) is 49.0 Å². The summed E-state index contributed by atoms with van der Waals surface area (Å²) < 4.78 is 39.9. The fourth-order valence-electron chi connectivity index (χ4n) is 2.35. The van der Waals surface area contributed by atoms with Crippen molar-refractivity contribution in [3.05, 3.63) is 34.7 Å². The first kappa shape index (κ1) is 19.8. The minimum Gasteiger partial charge on any atom is -0.460 e. The van der Waals surface area contributed by atoms with Crippen molar-refractivity contribution in [2.24, 2.45) is 5.18 Å². The molecule has 0 saturated carbocycles. The molecule has 1 unspecified atom stereocenters. The Labute approximate surface area is 150 Å². The topological polar surface area (TPSA) is 108 Å². The van der Waals surface area contributed by atoms with Crippen molar-refractivity contribution < 1.29 is 26.9 Å². The van der Waals surface area contributed by atoms with Gasteiger partial charge in [0.1, 0.15) is 18.2 Å². The van der Waals surface area contributed by atoms with Crippen LogP contribution in [0.5, 0.6) is 0 Å². The van der Waals surface area contributed by atoms with E-state index in [0.29, 0.717) is 0 Å². The molecule has 25 heavy (non-hydrogen) atoms. The summed E-state index contributed by atoms with van der Waals surface area (Å²) in [5.74, 6) is -0.599. The van der Waals surface area contributed by atoms with Gasteiger partial charge in [0.25, 0.3) is 10.1 Å². The quantitative estimate of drug-likeness (QED) is 0.316. The van der Waals surface area contributed by atoms with Crippen molar-refractivity contribution in [1.29, 1.82) is 0 Å². The van der Waals surface area contributed by atoms with Crippen molar-refractivity contribution in [1.82, 2.24) is 0 Å². The van der Waals surface area contributed by atoms with Gasteiger partial charge in [0.05, 0.1) is 11.5 Å². The molecule has 138 valence electrons. The van der Waals surface area contributed by atoms with Crippen LogP contribution in [0.3, 0.4) is 0 Å². The zero-order valence-electron chi connectivity index (χ0n) is 13.6. The minimum atomic E-state index is -4.01. The Balaban J connectivity index is 2.09. The van der Waals surface area contributed by atoms with Crippen molar-refractivity contribution in [3.63, 3.8) is 0 Å². The van der Waals surface area contributed by atoms with E-state index in [9.17, 15) is 18.1 Å². The molecular weight excluding hydrogens is 374 g/mol. The number of esters is 1. The highest BCUT2D eigenvalue weighted by molar-refractivity contribution is 7.86. The Morgan fingerprint density at radius 1 is 1.36 bits per heavy atom. The molecule has 0 aliphatic carbocycles. The summed E-state index contributed by atoms with van der Waals surface area (Å²) in [7, 11) is -4.01. The number of ether oxygens (including phenoxy) is 2. The second-order valence-electron chi connectivity index (χ2n) is 5.63.